The van der Waals surface area contributed by atoms with Crippen LogP contribution in [0.1, 0.15) is 19.3 Å². The van der Waals surface area contributed by atoms with E-state index in [1.807, 2.05) is 0 Å². The fourth-order valence-electron chi connectivity index (χ4n) is 1.70. The number of esters is 1. The van der Waals surface area contributed by atoms with Crippen LogP contribution in [-0.4, -0.2) is 29.4 Å². The van der Waals surface area contributed by atoms with Crippen LogP contribution in [0.3, 0.4) is 0 Å². The summed E-state index contributed by atoms with van der Waals surface area (Å²) in [5.41, 5.74) is 0.0467. The van der Waals surface area contributed by atoms with Gasteiger partial charge in [0.05, 0.1) is 24.8 Å². The number of methoxy groups -OCH3 is 1. The van der Waals surface area contributed by atoms with Gasteiger partial charge in [0.1, 0.15) is 5.69 Å². The minimum absolute atomic E-state index is 0.178. The van der Waals surface area contributed by atoms with Gasteiger partial charge in [-0.05, 0) is 18.8 Å². The molecule has 0 spiro atoms. The predicted molar refractivity (Wildman–Crippen MR) is 71.4 cm³/mol. The summed E-state index contributed by atoms with van der Waals surface area (Å²) in [6.07, 6.45) is 3.91. The molecule has 0 unspecified atom stereocenters. The van der Waals surface area contributed by atoms with Gasteiger partial charge in [-0.1, -0.05) is 11.6 Å². The van der Waals surface area contributed by atoms with Crippen molar-refractivity contribution in [3.8, 4) is 0 Å². The molecule has 0 saturated heterocycles. The van der Waals surface area contributed by atoms with Crippen LogP contribution in [0, 0.1) is 5.92 Å². The maximum absolute atomic E-state index is 12.1. The lowest BCUT2D eigenvalue weighted by molar-refractivity contribution is -0.140. The van der Waals surface area contributed by atoms with E-state index in [4.69, 9.17) is 11.6 Å². The van der Waals surface area contributed by atoms with Crippen molar-refractivity contribution >= 4 is 23.3 Å². The standard InChI is InChI=1S/C12H16ClN3O3/c1-19-10(17)4-5-14-11-9(13)6-15-16(12(11)18)7-8-2-3-8/h6,8,14H,2-5,7H2,1H3. The Morgan fingerprint density at radius 3 is 3.00 bits per heavy atom. The molecule has 0 bridgehead atoms. The van der Waals surface area contributed by atoms with Crippen molar-refractivity contribution in [2.45, 2.75) is 25.8 Å². The Balaban J connectivity index is 2.05. The molecule has 1 aliphatic carbocycles. The van der Waals surface area contributed by atoms with Gasteiger partial charge in [-0.25, -0.2) is 4.68 Å². The van der Waals surface area contributed by atoms with Gasteiger partial charge in [-0.2, -0.15) is 5.10 Å². The molecule has 1 aromatic heterocycles. The minimum atomic E-state index is -0.337. The molecule has 0 atom stereocenters. The highest BCUT2D eigenvalue weighted by molar-refractivity contribution is 6.33. The third kappa shape index (κ3) is 3.70. The van der Waals surface area contributed by atoms with E-state index < -0.39 is 0 Å². The first-order valence-corrected chi connectivity index (χ1v) is 6.56. The van der Waals surface area contributed by atoms with Crippen LogP contribution in [0.2, 0.25) is 5.02 Å². The Bertz CT molecular complexity index is 525. The summed E-state index contributed by atoms with van der Waals surface area (Å²) in [4.78, 5) is 23.1. The van der Waals surface area contributed by atoms with Crippen LogP contribution in [0.4, 0.5) is 5.69 Å². The molecule has 1 aliphatic rings. The number of aromatic nitrogens is 2. The SMILES string of the molecule is COC(=O)CCNc1c(Cl)cnn(CC2CC2)c1=O. The molecule has 19 heavy (non-hydrogen) atoms. The number of rotatable bonds is 6. The zero-order chi connectivity index (χ0) is 13.8. The fraction of sp³-hybridized carbons (Fsp3) is 0.583. The van der Waals surface area contributed by atoms with Gasteiger partial charge in [0.25, 0.3) is 5.56 Å². The maximum atomic E-state index is 12.1. The van der Waals surface area contributed by atoms with Crippen molar-refractivity contribution < 1.29 is 9.53 Å². The molecule has 104 valence electrons. The number of carbonyl (C=O) groups is 1. The van der Waals surface area contributed by atoms with Gasteiger partial charge in [-0.15, -0.1) is 0 Å². The molecule has 2 rings (SSSR count). The Hall–Kier alpha value is -1.56. The van der Waals surface area contributed by atoms with Crippen LogP contribution in [-0.2, 0) is 16.1 Å². The smallest absolute Gasteiger partial charge is 0.307 e. The van der Waals surface area contributed by atoms with Crippen molar-refractivity contribution in [3.05, 3.63) is 21.6 Å². The van der Waals surface area contributed by atoms with Crippen molar-refractivity contribution in [2.75, 3.05) is 19.0 Å². The van der Waals surface area contributed by atoms with Crippen LogP contribution < -0.4 is 10.9 Å². The Morgan fingerprint density at radius 1 is 1.63 bits per heavy atom. The number of ether oxygens (including phenoxy) is 1. The molecule has 1 aromatic rings. The molecule has 1 saturated carbocycles. The van der Waals surface area contributed by atoms with Crippen molar-refractivity contribution in [3.63, 3.8) is 0 Å². The number of hydrogen-bond donors (Lipinski definition) is 1. The lowest BCUT2D eigenvalue weighted by Gasteiger charge is -2.09. The number of halogens is 1. The summed E-state index contributed by atoms with van der Waals surface area (Å²) in [6.45, 7) is 0.927. The average molecular weight is 286 g/mol. The fourth-order valence-corrected chi connectivity index (χ4v) is 1.89. The number of nitrogens with zero attached hydrogens (tertiary/aromatic N) is 2. The van der Waals surface area contributed by atoms with Crippen molar-refractivity contribution in [1.82, 2.24) is 9.78 Å². The summed E-state index contributed by atoms with van der Waals surface area (Å²) >= 11 is 5.95. The molecule has 7 heteroatoms. The van der Waals surface area contributed by atoms with Crippen LogP contribution >= 0.6 is 11.6 Å². The Kier molecular flexibility index (Phi) is 4.42. The first-order valence-electron chi connectivity index (χ1n) is 6.18. The summed E-state index contributed by atoms with van der Waals surface area (Å²) in [6, 6.07) is 0. The average Bonchev–Trinajstić information content (AvgIpc) is 3.20. The molecule has 0 aromatic carbocycles. The highest BCUT2D eigenvalue weighted by Crippen LogP contribution is 2.30. The van der Waals surface area contributed by atoms with Crippen molar-refractivity contribution in [1.29, 1.82) is 0 Å². The number of carbonyl (C=O) groups excluding carboxylic acids is 1. The third-order valence-corrected chi connectivity index (χ3v) is 3.27. The molecule has 6 nitrogen and oxygen atoms in total. The molecule has 0 radical (unpaired) electrons. The van der Waals surface area contributed by atoms with Crippen LogP contribution in [0.25, 0.3) is 0 Å². The normalized spacial score (nSPS) is 14.2. The van der Waals surface area contributed by atoms with E-state index in [1.54, 1.807) is 0 Å². The molecule has 1 N–H and O–H groups in total. The minimum Gasteiger partial charge on any atom is -0.469 e. The monoisotopic (exact) mass is 285 g/mol. The quantitative estimate of drug-likeness (QED) is 0.797. The summed E-state index contributed by atoms with van der Waals surface area (Å²) < 4.78 is 5.95. The zero-order valence-corrected chi connectivity index (χ0v) is 11.4. The highest BCUT2D eigenvalue weighted by atomic mass is 35.5. The van der Waals surface area contributed by atoms with E-state index in [2.05, 4.69) is 15.2 Å². The van der Waals surface area contributed by atoms with Gasteiger partial charge in [-0.3, -0.25) is 9.59 Å². The Labute approximate surface area is 115 Å². The van der Waals surface area contributed by atoms with E-state index in [0.29, 0.717) is 24.7 Å². The van der Waals surface area contributed by atoms with E-state index >= 15 is 0 Å². The summed E-state index contributed by atoms with van der Waals surface area (Å²) in [7, 11) is 1.32. The lowest BCUT2D eigenvalue weighted by Crippen LogP contribution is -2.27. The van der Waals surface area contributed by atoms with E-state index in [0.717, 1.165) is 12.8 Å². The van der Waals surface area contributed by atoms with Crippen molar-refractivity contribution in [2.24, 2.45) is 5.92 Å². The first-order chi connectivity index (χ1) is 9.11. The van der Waals surface area contributed by atoms with Gasteiger partial charge in [0, 0.05) is 13.1 Å². The van der Waals surface area contributed by atoms with Gasteiger partial charge < -0.3 is 10.1 Å². The lowest BCUT2D eigenvalue weighted by atomic mass is 10.3. The predicted octanol–water partition coefficient (Wildman–Crippen LogP) is 1.28. The number of nitrogens with one attached hydrogen (secondary N) is 1. The molecular formula is C12H16ClN3O3. The second kappa shape index (κ2) is 6.06. The van der Waals surface area contributed by atoms with E-state index in [-0.39, 0.29) is 23.0 Å². The van der Waals surface area contributed by atoms with Crippen LogP contribution in [0.15, 0.2) is 11.0 Å². The molecular weight excluding hydrogens is 270 g/mol. The third-order valence-electron chi connectivity index (χ3n) is 2.98. The highest BCUT2D eigenvalue weighted by Gasteiger charge is 2.23. The first kappa shape index (κ1) is 13.9. The van der Waals surface area contributed by atoms with Gasteiger partial charge in [0.2, 0.25) is 0 Å². The topological polar surface area (TPSA) is 73.2 Å². The number of hydrogen-bond acceptors (Lipinski definition) is 5. The largest absolute Gasteiger partial charge is 0.469 e. The summed E-state index contributed by atoms with van der Waals surface area (Å²) in [5, 5.41) is 7.16. The molecule has 1 fully saturated rings. The molecule has 0 amide bonds. The second-order valence-electron chi connectivity index (χ2n) is 4.55. The van der Waals surface area contributed by atoms with Crippen LogP contribution in [0.5, 0.6) is 0 Å². The van der Waals surface area contributed by atoms with Gasteiger partial charge in [0.15, 0.2) is 0 Å². The Morgan fingerprint density at radius 2 is 2.37 bits per heavy atom. The maximum Gasteiger partial charge on any atom is 0.307 e. The van der Waals surface area contributed by atoms with E-state index in [9.17, 15) is 9.59 Å². The van der Waals surface area contributed by atoms with E-state index in [1.165, 1.54) is 18.0 Å². The number of anilines is 1. The molecule has 1 heterocycles. The second-order valence-corrected chi connectivity index (χ2v) is 4.96. The molecule has 0 aliphatic heterocycles. The summed E-state index contributed by atoms with van der Waals surface area (Å²) in [5.74, 6) is 0.213. The zero-order valence-electron chi connectivity index (χ0n) is 10.7. The van der Waals surface area contributed by atoms with Gasteiger partial charge >= 0.3 is 5.97 Å².